The minimum Gasteiger partial charge on any atom is -0.341 e. The smallest absolute Gasteiger partial charge is 0.227 e. The summed E-state index contributed by atoms with van der Waals surface area (Å²) in [5.74, 6) is 0.301. The third kappa shape index (κ3) is 1.54. The average Bonchev–Trinajstić information content (AvgIpc) is 2.46. The van der Waals surface area contributed by atoms with E-state index in [4.69, 9.17) is 0 Å². The number of nitrogens with zero attached hydrogens (tertiary/aromatic N) is 1. The van der Waals surface area contributed by atoms with Gasteiger partial charge in [-0.15, -0.1) is 0 Å². The average molecular weight is 196 g/mol. The summed E-state index contributed by atoms with van der Waals surface area (Å²) in [6.07, 6.45) is 1.24. The molecule has 2 rings (SSSR count). The van der Waals surface area contributed by atoms with Crippen LogP contribution in [0, 0.1) is 10.8 Å². The van der Waals surface area contributed by atoms with Gasteiger partial charge in [0, 0.05) is 30.5 Å². The molecule has 80 valence electrons. The van der Waals surface area contributed by atoms with Crippen LogP contribution in [0.3, 0.4) is 0 Å². The minimum absolute atomic E-state index is 0.215. The van der Waals surface area contributed by atoms with Gasteiger partial charge in [0.05, 0.1) is 0 Å². The van der Waals surface area contributed by atoms with Gasteiger partial charge in [0.25, 0.3) is 0 Å². The maximum atomic E-state index is 11.9. The van der Waals surface area contributed by atoms with Gasteiger partial charge in [0.2, 0.25) is 5.91 Å². The molecule has 0 unspecified atom stereocenters. The Hall–Kier alpha value is -0.570. The zero-order valence-corrected chi connectivity index (χ0v) is 9.39. The summed E-state index contributed by atoms with van der Waals surface area (Å²) >= 11 is 0. The van der Waals surface area contributed by atoms with Crippen molar-refractivity contribution >= 4 is 5.91 Å². The Morgan fingerprint density at radius 1 is 1.36 bits per heavy atom. The monoisotopic (exact) mass is 196 g/mol. The van der Waals surface area contributed by atoms with E-state index in [2.05, 4.69) is 5.32 Å². The fourth-order valence-electron chi connectivity index (χ4n) is 2.45. The molecule has 1 spiro atoms. The molecule has 2 aliphatic rings. The van der Waals surface area contributed by atoms with Crippen molar-refractivity contribution < 1.29 is 4.79 Å². The first-order valence-electron chi connectivity index (χ1n) is 5.43. The summed E-state index contributed by atoms with van der Waals surface area (Å²) in [5.41, 5.74) is 0.217. The highest BCUT2D eigenvalue weighted by atomic mass is 16.2. The Morgan fingerprint density at radius 2 is 2.00 bits per heavy atom. The molecule has 2 aliphatic heterocycles. The first-order chi connectivity index (χ1) is 6.43. The fourth-order valence-corrected chi connectivity index (χ4v) is 2.45. The number of rotatable bonds is 0. The summed E-state index contributed by atoms with van der Waals surface area (Å²) < 4.78 is 0. The van der Waals surface area contributed by atoms with Gasteiger partial charge in [-0.05, 0) is 13.0 Å². The zero-order valence-electron chi connectivity index (χ0n) is 9.39. The lowest BCUT2D eigenvalue weighted by Crippen LogP contribution is -2.61. The molecule has 0 radical (unpaired) electrons. The van der Waals surface area contributed by atoms with E-state index < -0.39 is 0 Å². The van der Waals surface area contributed by atoms with Crippen LogP contribution in [0.5, 0.6) is 0 Å². The topological polar surface area (TPSA) is 32.3 Å². The number of hydrogen-bond acceptors (Lipinski definition) is 2. The van der Waals surface area contributed by atoms with E-state index in [0.29, 0.717) is 11.3 Å². The van der Waals surface area contributed by atoms with Crippen LogP contribution >= 0.6 is 0 Å². The summed E-state index contributed by atoms with van der Waals surface area (Å²) in [6.45, 7) is 10.1. The van der Waals surface area contributed by atoms with Crippen molar-refractivity contribution in [3.63, 3.8) is 0 Å². The van der Waals surface area contributed by atoms with Crippen molar-refractivity contribution in [2.75, 3.05) is 26.2 Å². The number of nitrogens with one attached hydrogen (secondary N) is 1. The molecule has 0 aromatic heterocycles. The largest absolute Gasteiger partial charge is 0.341 e. The normalized spacial score (nSPS) is 25.2. The molecule has 3 heteroatoms. The molecule has 0 aromatic carbocycles. The standard InChI is InChI=1S/C11H20N2O/c1-10(2,3)9(14)13-7-11(8-13)4-5-12-6-11/h12H,4-8H2,1-3H3. The summed E-state index contributed by atoms with van der Waals surface area (Å²) in [4.78, 5) is 13.9. The molecule has 2 saturated heterocycles. The highest BCUT2D eigenvalue weighted by molar-refractivity contribution is 5.82. The zero-order chi connectivity index (χ0) is 10.4. The molecule has 0 aliphatic carbocycles. The van der Waals surface area contributed by atoms with Gasteiger partial charge >= 0.3 is 0 Å². The summed E-state index contributed by atoms with van der Waals surface area (Å²) in [6, 6.07) is 0. The second kappa shape index (κ2) is 2.96. The third-order valence-electron chi connectivity index (χ3n) is 3.31. The van der Waals surface area contributed by atoms with Crippen LogP contribution in [0.2, 0.25) is 0 Å². The number of carbonyl (C=O) groups is 1. The minimum atomic E-state index is -0.215. The van der Waals surface area contributed by atoms with Crippen LogP contribution in [0.15, 0.2) is 0 Å². The van der Waals surface area contributed by atoms with E-state index >= 15 is 0 Å². The number of carbonyl (C=O) groups excluding carboxylic acids is 1. The summed E-state index contributed by atoms with van der Waals surface area (Å²) in [7, 11) is 0. The van der Waals surface area contributed by atoms with Crippen LogP contribution in [-0.2, 0) is 4.79 Å². The molecule has 14 heavy (non-hydrogen) atoms. The van der Waals surface area contributed by atoms with E-state index in [-0.39, 0.29) is 5.41 Å². The molecule has 0 atom stereocenters. The van der Waals surface area contributed by atoms with E-state index in [1.54, 1.807) is 0 Å². The molecular weight excluding hydrogens is 176 g/mol. The van der Waals surface area contributed by atoms with Gasteiger partial charge in [-0.2, -0.15) is 0 Å². The van der Waals surface area contributed by atoms with E-state index in [1.165, 1.54) is 6.42 Å². The van der Waals surface area contributed by atoms with Gasteiger partial charge in [-0.3, -0.25) is 4.79 Å². The molecule has 0 saturated carbocycles. The van der Waals surface area contributed by atoms with Gasteiger partial charge in [0.15, 0.2) is 0 Å². The second-order valence-electron chi connectivity index (χ2n) is 5.84. The van der Waals surface area contributed by atoms with Crippen molar-refractivity contribution in [2.45, 2.75) is 27.2 Å². The lowest BCUT2D eigenvalue weighted by molar-refractivity contribution is -0.150. The Morgan fingerprint density at radius 3 is 2.43 bits per heavy atom. The molecule has 2 fully saturated rings. The second-order valence-corrected chi connectivity index (χ2v) is 5.84. The van der Waals surface area contributed by atoms with E-state index in [9.17, 15) is 4.79 Å². The predicted molar refractivity (Wildman–Crippen MR) is 56.0 cm³/mol. The first kappa shape index (κ1) is 9.97. The Balaban J connectivity index is 1.91. The third-order valence-corrected chi connectivity index (χ3v) is 3.31. The summed E-state index contributed by atoms with van der Waals surface area (Å²) in [5, 5.41) is 3.38. The van der Waals surface area contributed by atoms with Crippen LogP contribution in [0.1, 0.15) is 27.2 Å². The van der Waals surface area contributed by atoms with Crippen LogP contribution in [-0.4, -0.2) is 37.0 Å². The highest BCUT2D eigenvalue weighted by Gasteiger charge is 2.48. The van der Waals surface area contributed by atoms with Gasteiger partial charge in [0.1, 0.15) is 0 Å². The highest BCUT2D eigenvalue weighted by Crippen LogP contribution is 2.38. The van der Waals surface area contributed by atoms with E-state index in [1.807, 2.05) is 25.7 Å². The molecule has 3 nitrogen and oxygen atoms in total. The lowest BCUT2D eigenvalue weighted by Gasteiger charge is -2.49. The molecule has 1 amide bonds. The Labute approximate surface area is 85.8 Å². The maximum Gasteiger partial charge on any atom is 0.227 e. The van der Waals surface area contributed by atoms with Gasteiger partial charge in [-0.1, -0.05) is 20.8 Å². The van der Waals surface area contributed by atoms with Crippen molar-refractivity contribution in [1.82, 2.24) is 10.2 Å². The van der Waals surface area contributed by atoms with Crippen molar-refractivity contribution in [2.24, 2.45) is 10.8 Å². The Kier molecular flexibility index (Phi) is 2.11. The first-order valence-corrected chi connectivity index (χ1v) is 5.43. The van der Waals surface area contributed by atoms with Crippen molar-refractivity contribution in [3.05, 3.63) is 0 Å². The fraction of sp³-hybridized carbons (Fsp3) is 0.909. The van der Waals surface area contributed by atoms with Gasteiger partial charge in [-0.25, -0.2) is 0 Å². The maximum absolute atomic E-state index is 11.9. The molecule has 0 aromatic rings. The molecular formula is C11H20N2O. The molecule has 0 bridgehead atoms. The van der Waals surface area contributed by atoms with Gasteiger partial charge < -0.3 is 10.2 Å². The number of likely N-dealkylation sites (tertiary alicyclic amines) is 1. The van der Waals surface area contributed by atoms with E-state index in [0.717, 1.165) is 26.2 Å². The SMILES string of the molecule is CC(C)(C)C(=O)N1CC2(CCNC2)C1. The predicted octanol–water partition coefficient (Wildman–Crippen LogP) is 0.854. The number of amides is 1. The number of hydrogen-bond donors (Lipinski definition) is 1. The molecule has 1 N–H and O–H groups in total. The van der Waals surface area contributed by atoms with Crippen molar-refractivity contribution in [1.29, 1.82) is 0 Å². The van der Waals surface area contributed by atoms with Crippen LogP contribution < -0.4 is 5.32 Å². The quantitative estimate of drug-likeness (QED) is 0.623. The Bertz CT molecular complexity index is 241. The van der Waals surface area contributed by atoms with Crippen LogP contribution in [0.4, 0.5) is 0 Å². The molecule has 2 heterocycles. The lowest BCUT2D eigenvalue weighted by atomic mass is 9.77. The van der Waals surface area contributed by atoms with Crippen molar-refractivity contribution in [3.8, 4) is 0 Å². The van der Waals surface area contributed by atoms with Crippen LogP contribution in [0.25, 0.3) is 0 Å².